The van der Waals surface area contributed by atoms with Crippen molar-refractivity contribution in [2.75, 3.05) is 31.9 Å². The summed E-state index contributed by atoms with van der Waals surface area (Å²) in [6.07, 6.45) is 0. The Bertz CT molecular complexity index is 582. The van der Waals surface area contributed by atoms with Crippen molar-refractivity contribution in [1.29, 1.82) is 0 Å². The molecule has 1 aromatic heterocycles. The van der Waals surface area contributed by atoms with Gasteiger partial charge in [0.05, 0.1) is 12.7 Å². The summed E-state index contributed by atoms with van der Waals surface area (Å²) < 4.78 is 16.7. The number of pyridine rings is 1. The fourth-order valence-corrected chi connectivity index (χ4v) is 2.23. The predicted molar refractivity (Wildman–Crippen MR) is 81.9 cm³/mol. The highest BCUT2D eigenvalue weighted by Gasteiger charge is 2.27. The van der Waals surface area contributed by atoms with Gasteiger partial charge < -0.3 is 18.9 Å². The van der Waals surface area contributed by atoms with Gasteiger partial charge >= 0.3 is 7.12 Å². The van der Waals surface area contributed by atoms with Crippen LogP contribution in [0.4, 0.5) is 5.69 Å². The highest BCUT2D eigenvalue weighted by Crippen LogP contribution is 2.15. The number of nitrogens with zero attached hydrogens (tertiary/aromatic N) is 2. The monoisotopic (exact) mass is 284 g/mol. The summed E-state index contributed by atoms with van der Waals surface area (Å²) in [6, 6.07) is 15.7. The van der Waals surface area contributed by atoms with Crippen molar-refractivity contribution in [3.63, 3.8) is 0 Å². The summed E-state index contributed by atoms with van der Waals surface area (Å²) in [5.41, 5.74) is 1.85. The lowest BCUT2D eigenvalue weighted by Crippen LogP contribution is -2.39. The minimum absolute atomic E-state index is 0.464. The van der Waals surface area contributed by atoms with Gasteiger partial charge in [-0.3, -0.25) is 0 Å². The lowest BCUT2D eigenvalue weighted by Gasteiger charge is -2.21. The zero-order valence-corrected chi connectivity index (χ0v) is 11.9. The van der Waals surface area contributed by atoms with Crippen molar-refractivity contribution in [1.82, 2.24) is 4.98 Å². The minimum Gasteiger partial charge on any atom is -0.481 e. The van der Waals surface area contributed by atoms with Crippen LogP contribution in [0.3, 0.4) is 0 Å². The number of benzene rings is 1. The fraction of sp³-hybridized carbons (Fsp3) is 0.267. The van der Waals surface area contributed by atoms with E-state index >= 15 is 0 Å². The Morgan fingerprint density at radius 1 is 1.10 bits per heavy atom. The van der Waals surface area contributed by atoms with Gasteiger partial charge in [0.2, 0.25) is 5.88 Å². The van der Waals surface area contributed by atoms with Crippen LogP contribution in [0, 0.1) is 0 Å². The first-order valence-electron chi connectivity index (χ1n) is 6.91. The van der Waals surface area contributed by atoms with Gasteiger partial charge in [0.25, 0.3) is 0 Å². The minimum atomic E-state index is -0.464. The average Bonchev–Trinajstić information content (AvgIpc) is 2.82. The van der Waals surface area contributed by atoms with Crippen molar-refractivity contribution in [2.45, 2.75) is 0 Å². The number of hydrogen-bond acceptors (Lipinski definition) is 5. The number of methoxy groups -OCH3 is 1. The molecule has 0 atom stereocenters. The van der Waals surface area contributed by atoms with Gasteiger partial charge in [-0.2, -0.15) is 0 Å². The predicted octanol–water partition coefficient (Wildman–Crippen LogP) is 1.30. The van der Waals surface area contributed by atoms with Crippen LogP contribution in [-0.2, 0) is 9.31 Å². The third-order valence-corrected chi connectivity index (χ3v) is 3.33. The Labute approximate surface area is 124 Å². The second-order valence-corrected chi connectivity index (χ2v) is 4.70. The van der Waals surface area contributed by atoms with Gasteiger partial charge in [0.15, 0.2) is 0 Å². The first-order valence-corrected chi connectivity index (χ1v) is 6.91. The van der Waals surface area contributed by atoms with Gasteiger partial charge in [0.1, 0.15) is 6.73 Å². The first-order chi connectivity index (χ1) is 10.4. The van der Waals surface area contributed by atoms with Crippen LogP contribution in [0.5, 0.6) is 5.88 Å². The maximum absolute atomic E-state index is 5.84. The van der Waals surface area contributed by atoms with Crippen LogP contribution < -0.4 is 15.2 Å². The molecule has 0 unspecified atom stereocenters. The number of anilines is 1. The maximum Gasteiger partial charge on any atom is 0.515 e. The van der Waals surface area contributed by atoms with Gasteiger partial charge in [0, 0.05) is 24.9 Å². The number of para-hydroxylation sites is 1. The molecule has 1 aliphatic rings. The molecule has 1 aliphatic heterocycles. The van der Waals surface area contributed by atoms with Gasteiger partial charge in [-0.25, -0.2) is 4.98 Å². The smallest absolute Gasteiger partial charge is 0.481 e. The van der Waals surface area contributed by atoms with E-state index in [0.717, 1.165) is 17.8 Å². The molecule has 0 N–H and O–H groups in total. The average molecular weight is 284 g/mol. The highest BCUT2D eigenvalue weighted by atomic mass is 16.6. The summed E-state index contributed by atoms with van der Waals surface area (Å²) >= 11 is 0. The SMILES string of the molecule is COc1cccc(B2OCCN(c3ccccc3)CO2)n1. The summed E-state index contributed by atoms with van der Waals surface area (Å²) in [6.45, 7) is 1.83. The summed E-state index contributed by atoms with van der Waals surface area (Å²) in [7, 11) is 1.13. The molecular weight excluding hydrogens is 267 g/mol. The molecule has 0 radical (unpaired) electrons. The molecule has 1 fully saturated rings. The van der Waals surface area contributed by atoms with Crippen LogP contribution in [0.2, 0.25) is 0 Å². The Morgan fingerprint density at radius 2 is 1.95 bits per heavy atom. The standard InChI is InChI=1S/C15H17BN2O3/c1-19-15-9-5-8-14(17-15)16-20-11-10-18(12-21-16)13-6-3-2-4-7-13/h2-9H,10-12H2,1H3. The van der Waals surface area contributed by atoms with Crippen molar-refractivity contribution < 1.29 is 14.0 Å². The molecule has 1 aromatic carbocycles. The maximum atomic E-state index is 5.84. The third-order valence-electron chi connectivity index (χ3n) is 3.33. The van der Waals surface area contributed by atoms with Gasteiger partial charge in [-0.15, -0.1) is 0 Å². The summed E-state index contributed by atoms with van der Waals surface area (Å²) in [4.78, 5) is 6.50. The molecule has 0 spiro atoms. The molecule has 0 bridgehead atoms. The van der Waals surface area contributed by atoms with E-state index in [1.54, 1.807) is 13.2 Å². The zero-order chi connectivity index (χ0) is 14.5. The van der Waals surface area contributed by atoms with Crippen LogP contribution in [0.25, 0.3) is 0 Å². The zero-order valence-electron chi connectivity index (χ0n) is 11.9. The molecule has 0 aliphatic carbocycles. The van der Waals surface area contributed by atoms with E-state index in [-0.39, 0.29) is 0 Å². The molecule has 5 nitrogen and oxygen atoms in total. The first kappa shape index (κ1) is 13.9. The fourth-order valence-electron chi connectivity index (χ4n) is 2.23. The molecule has 2 aromatic rings. The second-order valence-electron chi connectivity index (χ2n) is 4.70. The molecule has 0 saturated carbocycles. The van der Waals surface area contributed by atoms with E-state index in [2.05, 4.69) is 22.0 Å². The Morgan fingerprint density at radius 3 is 2.76 bits per heavy atom. The molecule has 1 saturated heterocycles. The normalized spacial score (nSPS) is 15.7. The van der Waals surface area contributed by atoms with Crippen LogP contribution in [0.1, 0.15) is 0 Å². The third kappa shape index (κ3) is 3.35. The topological polar surface area (TPSA) is 43.8 Å². The quantitative estimate of drug-likeness (QED) is 0.795. The summed E-state index contributed by atoms with van der Waals surface area (Å²) in [5, 5.41) is 0. The number of aromatic nitrogens is 1. The molecule has 2 heterocycles. The van der Waals surface area contributed by atoms with Crippen LogP contribution >= 0.6 is 0 Å². The Hall–Kier alpha value is -2.05. The van der Waals surface area contributed by atoms with E-state index < -0.39 is 7.12 Å². The lowest BCUT2D eigenvalue weighted by molar-refractivity contribution is 0.247. The van der Waals surface area contributed by atoms with Crippen molar-refractivity contribution in [3.8, 4) is 5.88 Å². The van der Waals surface area contributed by atoms with E-state index in [0.29, 0.717) is 19.2 Å². The molecule has 3 rings (SSSR count). The Kier molecular flexibility index (Phi) is 4.38. The molecular formula is C15H17BN2O3. The van der Waals surface area contributed by atoms with Crippen LogP contribution in [-0.4, -0.2) is 39.1 Å². The number of ether oxygens (including phenoxy) is 1. The lowest BCUT2D eigenvalue weighted by atomic mass is 9.84. The molecule has 0 amide bonds. The number of rotatable bonds is 3. The second kappa shape index (κ2) is 6.60. The van der Waals surface area contributed by atoms with Crippen molar-refractivity contribution in [2.24, 2.45) is 0 Å². The van der Waals surface area contributed by atoms with E-state index in [4.69, 9.17) is 14.0 Å². The highest BCUT2D eigenvalue weighted by molar-refractivity contribution is 6.60. The van der Waals surface area contributed by atoms with Crippen LogP contribution in [0.15, 0.2) is 48.5 Å². The van der Waals surface area contributed by atoms with Gasteiger partial charge in [-0.1, -0.05) is 24.3 Å². The molecule has 21 heavy (non-hydrogen) atoms. The molecule has 108 valence electrons. The van der Waals surface area contributed by atoms with Crippen molar-refractivity contribution in [3.05, 3.63) is 48.5 Å². The number of hydrogen-bond donors (Lipinski definition) is 0. The largest absolute Gasteiger partial charge is 0.515 e. The Balaban J connectivity index is 1.70. The van der Waals surface area contributed by atoms with E-state index in [1.807, 2.05) is 30.3 Å². The van der Waals surface area contributed by atoms with E-state index in [9.17, 15) is 0 Å². The summed E-state index contributed by atoms with van der Waals surface area (Å²) in [5.74, 6) is 0.559. The van der Waals surface area contributed by atoms with E-state index in [1.165, 1.54) is 0 Å². The molecule has 6 heteroatoms. The van der Waals surface area contributed by atoms with Gasteiger partial charge in [-0.05, 0) is 18.2 Å². The van der Waals surface area contributed by atoms with Crippen molar-refractivity contribution >= 4 is 18.4 Å².